The Balaban J connectivity index is 3.05. The van der Waals surface area contributed by atoms with Crippen LogP contribution in [0.1, 0.15) is 46.0 Å². The van der Waals surface area contributed by atoms with Crippen molar-refractivity contribution in [1.82, 2.24) is 9.97 Å². The Hall–Kier alpha value is -1.40. The van der Waals surface area contributed by atoms with Crippen LogP contribution in [0.5, 0.6) is 0 Å². The van der Waals surface area contributed by atoms with Gasteiger partial charge in [-0.15, -0.1) is 0 Å². The summed E-state index contributed by atoms with van der Waals surface area (Å²) in [6.45, 7) is 12.4. The topological polar surface area (TPSA) is 96.1 Å². The fourth-order valence-electron chi connectivity index (χ4n) is 1.60. The third-order valence-corrected chi connectivity index (χ3v) is 3.20. The zero-order chi connectivity index (χ0) is 15.5. The molecule has 0 saturated heterocycles. The highest BCUT2D eigenvalue weighted by Gasteiger charge is 2.21. The second-order valence-electron chi connectivity index (χ2n) is 6.46. The number of hydrogen-bond donors (Lipinski definition) is 4. The second-order valence-corrected chi connectivity index (χ2v) is 6.46. The second kappa shape index (κ2) is 6.37. The van der Waals surface area contributed by atoms with Gasteiger partial charge < -0.3 is 15.8 Å². The predicted octanol–water partition coefficient (Wildman–Crippen LogP) is 1.80. The summed E-state index contributed by atoms with van der Waals surface area (Å²) in [5, 5.41) is 13.1. The zero-order valence-corrected chi connectivity index (χ0v) is 13.3. The molecule has 114 valence electrons. The van der Waals surface area contributed by atoms with Gasteiger partial charge in [-0.1, -0.05) is 34.6 Å². The number of aromatic nitrogens is 2. The van der Waals surface area contributed by atoms with Gasteiger partial charge in [-0.3, -0.25) is 0 Å². The highest BCUT2D eigenvalue weighted by atomic mass is 16.3. The van der Waals surface area contributed by atoms with Crippen LogP contribution in [0.15, 0.2) is 0 Å². The molecule has 1 aromatic heterocycles. The van der Waals surface area contributed by atoms with Crippen molar-refractivity contribution in [2.45, 2.75) is 53.1 Å². The molecule has 0 spiro atoms. The van der Waals surface area contributed by atoms with Crippen molar-refractivity contribution < 1.29 is 5.11 Å². The van der Waals surface area contributed by atoms with Gasteiger partial charge in [0, 0.05) is 17.5 Å². The summed E-state index contributed by atoms with van der Waals surface area (Å²) in [6, 6.07) is 0. The van der Waals surface area contributed by atoms with Crippen LogP contribution in [0.2, 0.25) is 0 Å². The highest BCUT2D eigenvalue weighted by Crippen LogP contribution is 2.25. The lowest BCUT2D eigenvalue weighted by Gasteiger charge is -2.22. The maximum absolute atomic E-state index is 9.89. The monoisotopic (exact) mass is 281 g/mol. The third kappa shape index (κ3) is 4.05. The van der Waals surface area contributed by atoms with Crippen LogP contribution in [0.3, 0.4) is 0 Å². The zero-order valence-electron chi connectivity index (χ0n) is 13.3. The molecule has 1 heterocycles. The minimum Gasteiger partial charge on any atom is -0.391 e. The van der Waals surface area contributed by atoms with E-state index < -0.39 is 6.10 Å². The number of hydrazine groups is 1. The van der Waals surface area contributed by atoms with Crippen LogP contribution < -0.4 is 16.6 Å². The van der Waals surface area contributed by atoms with Crippen LogP contribution in [-0.4, -0.2) is 27.7 Å². The lowest BCUT2D eigenvalue weighted by molar-refractivity contribution is 0.138. The average Bonchev–Trinajstić information content (AvgIpc) is 2.35. The van der Waals surface area contributed by atoms with Crippen molar-refractivity contribution in [2.75, 3.05) is 17.3 Å². The molecule has 0 aliphatic carbocycles. The van der Waals surface area contributed by atoms with Gasteiger partial charge in [0.25, 0.3) is 0 Å². The number of anilines is 2. The number of aliphatic hydroxyl groups is 1. The summed E-state index contributed by atoms with van der Waals surface area (Å²) in [6.07, 6.45) is -0.420. The molecule has 0 fully saturated rings. The molecule has 0 radical (unpaired) electrons. The van der Waals surface area contributed by atoms with E-state index in [9.17, 15) is 5.11 Å². The van der Waals surface area contributed by atoms with Crippen molar-refractivity contribution in [3.63, 3.8) is 0 Å². The van der Waals surface area contributed by atoms with Crippen LogP contribution in [0.25, 0.3) is 0 Å². The number of nitrogens with two attached hydrogens (primary N) is 1. The van der Waals surface area contributed by atoms with Gasteiger partial charge in [0.1, 0.15) is 17.5 Å². The van der Waals surface area contributed by atoms with Crippen molar-refractivity contribution in [3.05, 3.63) is 11.4 Å². The molecule has 0 saturated carbocycles. The first-order valence-corrected chi connectivity index (χ1v) is 6.94. The van der Waals surface area contributed by atoms with Crippen molar-refractivity contribution >= 4 is 11.6 Å². The van der Waals surface area contributed by atoms with Crippen molar-refractivity contribution in [1.29, 1.82) is 0 Å². The molecule has 0 aliphatic rings. The first kappa shape index (κ1) is 16.7. The summed E-state index contributed by atoms with van der Waals surface area (Å²) in [5.74, 6) is 7.73. The van der Waals surface area contributed by atoms with Gasteiger partial charge in [0.05, 0.1) is 6.10 Å². The Kier molecular flexibility index (Phi) is 5.30. The molecule has 0 amide bonds. The number of rotatable bonds is 5. The van der Waals surface area contributed by atoms with E-state index in [2.05, 4.69) is 20.7 Å². The lowest BCUT2D eigenvalue weighted by Crippen LogP contribution is -2.27. The normalized spacial score (nSPS) is 13.4. The largest absolute Gasteiger partial charge is 0.391 e. The van der Waals surface area contributed by atoms with Gasteiger partial charge in [0.15, 0.2) is 0 Å². The number of hydrogen-bond acceptors (Lipinski definition) is 6. The minimum absolute atomic E-state index is 0.174. The Morgan fingerprint density at radius 3 is 2.20 bits per heavy atom. The summed E-state index contributed by atoms with van der Waals surface area (Å²) < 4.78 is 0. The molecule has 5 N–H and O–H groups in total. The molecule has 1 atom stereocenters. The first-order valence-electron chi connectivity index (χ1n) is 6.94. The lowest BCUT2D eigenvalue weighted by atomic mass is 9.95. The summed E-state index contributed by atoms with van der Waals surface area (Å²) in [4.78, 5) is 8.99. The quantitative estimate of drug-likeness (QED) is 0.485. The molecule has 20 heavy (non-hydrogen) atoms. The van der Waals surface area contributed by atoms with E-state index in [4.69, 9.17) is 5.84 Å². The Morgan fingerprint density at radius 2 is 1.75 bits per heavy atom. The van der Waals surface area contributed by atoms with E-state index in [1.165, 1.54) is 0 Å². The Labute approximate surface area is 121 Å². The van der Waals surface area contributed by atoms with Crippen molar-refractivity contribution in [3.8, 4) is 0 Å². The molecule has 0 aromatic carbocycles. The smallest absolute Gasteiger partial charge is 0.148 e. The molecule has 1 rings (SSSR count). The number of nitrogens with one attached hydrogen (secondary N) is 2. The molecular weight excluding hydrogens is 254 g/mol. The fourth-order valence-corrected chi connectivity index (χ4v) is 1.60. The molecule has 1 unspecified atom stereocenters. The predicted molar refractivity (Wildman–Crippen MR) is 82.6 cm³/mol. The Morgan fingerprint density at radius 1 is 1.20 bits per heavy atom. The summed E-state index contributed by atoms with van der Waals surface area (Å²) in [5.41, 5.74) is 3.27. The highest BCUT2D eigenvalue weighted by molar-refractivity contribution is 5.57. The molecule has 0 bridgehead atoms. The van der Waals surface area contributed by atoms with Gasteiger partial charge in [-0.2, -0.15) is 0 Å². The van der Waals surface area contributed by atoms with Crippen LogP contribution >= 0.6 is 0 Å². The number of nitrogen functional groups attached to an aromatic ring is 1. The van der Waals surface area contributed by atoms with E-state index in [1.807, 2.05) is 41.5 Å². The van der Waals surface area contributed by atoms with Gasteiger partial charge in [-0.25, -0.2) is 15.8 Å². The van der Waals surface area contributed by atoms with E-state index in [0.717, 1.165) is 5.56 Å². The van der Waals surface area contributed by atoms with Crippen LogP contribution in [0, 0.1) is 12.8 Å². The van der Waals surface area contributed by atoms with Crippen LogP contribution in [-0.2, 0) is 5.41 Å². The average molecular weight is 281 g/mol. The van der Waals surface area contributed by atoms with E-state index in [-0.39, 0.29) is 11.3 Å². The summed E-state index contributed by atoms with van der Waals surface area (Å²) >= 11 is 0. The van der Waals surface area contributed by atoms with Crippen molar-refractivity contribution in [2.24, 2.45) is 11.8 Å². The third-order valence-electron chi connectivity index (χ3n) is 3.20. The molecule has 1 aromatic rings. The number of aliphatic hydroxyl groups excluding tert-OH is 1. The first-order chi connectivity index (χ1) is 9.16. The molecule has 6 heteroatoms. The maximum Gasteiger partial charge on any atom is 0.148 e. The van der Waals surface area contributed by atoms with Gasteiger partial charge in [0.2, 0.25) is 0 Å². The SMILES string of the molecule is Cc1c(NN)nc(C(C)(C)C)nc1NCC(O)C(C)C. The molecule has 6 nitrogen and oxygen atoms in total. The molecular formula is C14H27N5O. The number of nitrogens with zero attached hydrogens (tertiary/aromatic N) is 2. The Bertz CT molecular complexity index is 454. The standard InChI is InChI=1S/C14H27N5O/c1-8(2)10(20)7-16-11-9(3)12(19-15)18-13(17-11)14(4,5)6/h8,10,20H,7,15H2,1-6H3,(H2,16,17,18,19). The van der Waals surface area contributed by atoms with Crippen LogP contribution in [0.4, 0.5) is 11.6 Å². The van der Waals surface area contributed by atoms with Gasteiger partial charge in [-0.05, 0) is 12.8 Å². The van der Waals surface area contributed by atoms with E-state index in [0.29, 0.717) is 24.0 Å². The maximum atomic E-state index is 9.89. The minimum atomic E-state index is -0.420. The summed E-state index contributed by atoms with van der Waals surface area (Å²) in [7, 11) is 0. The van der Waals surface area contributed by atoms with E-state index >= 15 is 0 Å². The van der Waals surface area contributed by atoms with E-state index in [1.54, 1.807) is 0 Å². The molecule has 0 aliphatic heterocycles. The fraction of sp³-hybridized carbons (Fsp3) is 0.714. The van der Waals surface area contributed by atoms with Gasteiger partial charge >= 0.3 is 0 Å².